The van der Waals surface area contributed by atoms with Crippen LogP contribution < -0.4 is 0 Å². The number of nitrogens with zero attached hydrogens (tertiary/aromatic N) is 1. The number of benzene rings is 1. The van der Waals surface area contributed by atoms with Gasteiger partial charge in [0.05, 0.1) is 8.49 Å². The van der Waals surface area contributed by atoms with Crippen molar-refractivity contribution in [3.63, 3.8) is 0 Å². The molecule has 0 fully saturated rings. The Hall–Kier alpha value is -0.920. The third kappa shape index (κ3) is 2.26. The molecule has 0 radical (unpaired) electrons. The van der Waals surface area contributed by atoms with E-state index in [9.17, 15) is 19.6 Å². The number of rotatable bonds is 1. The molecule has 0 saturated carbocycles. The fraction of sp³-hybridized carbons (Fsp3) is 0.400. The number of aromatic hydroxyl groups is 1. The quantitative estimate of drug-likeness (QED) is 0.485. The highest BCUT2D eigenvalue weighted by atomic mass is 127. The molecule has 0 saturated heterocycles. The summed E-state index contributed by atoms with van der Waals surface area (Å²) in [6.07, 6.45) is 0. The molecule has 0 spiro atoms. The second-order valence-corrected chi connectivity index (χ2v) is 5.51. The second kappa shape index (κ2) is 4.15. The van der Waals surface area contributed by atoms with Crippen molar-refractivity contribution < 1.29 is 14.4 Å². The molecule has 0 bridgehead atoms. The van der Waals surface area contributed by atoms with Crippen molar-refractivity contribution in [3.05, 3.63) is 31.1 Å². The Morgan fingerprint density at radius 3 is 2.38 bits per heavy atom. The molecule has 0 aliphatic heterocycles. The van der Waals surface area contributed by atoms with Crippen LogP contribution in [0.2, 0.25) is 0 Å². The highest BCUT2D eigenvalue weighted by Gasteiger charge is 2.31. The molecule has 1 rings (SSSR count). The van der Waals surface area contributed by atoms with Gasteiger partial charge in [0.1, 0.15) is 5.75 Å². The lowest BCUT2D eigenvalue weighted by Gasteiger charge is -2.19. The molecule has 1 aromatic carbocycles. The van der Waals surface area contributed by atoms with Gasteiger partial charge in [-0.2, -0.15) is 4.39 Å². The Balaban J connectivity index is 3.67. The molecular weight excluding hydrogens is 328 g/mol. The molecule has 0 atom stereocenters. The smallest absolute Gasteiger partial charge is 0.309 e. The summed E-state index contributed by atoms with van der Waals surface area (Å²) in [4.78, 5) is 10.1. The van der Waals surface area contributed by atoms with Crippen LogP contribution in [0, 0.1) is 19.5 Å². The van der Waals surface area contributed by atoms with E-state index in [-0.39, 0.29) is 14.9 Å². The standard InChI is InChI=1S/C10H11FINO3/c1-10(2,3)5-4-6(14)8(12)7(11)9(5)13(15)16/h4,14H,1-3H3. The first-order valence-corrected chi connectivity index (χ1v) is 5.60. The van der Waals surface area contributed by atoms with Gasteiger partial charge >= 0.3 is 5.69 Å². The summed E-state index contributed by atoms with van der Waals surface area (Å²) in [6, 6.07) is 1.25. The predicted octanol–water partition coefficient (Wildman–Crippen LogP) is 3.34. The Labute approximate surface area is 106 Å². The average molecular weight is 339 g/mol. The van der Waals surface area contributed by atoms with Crippen LogP contribution in [0.25, 0.3) is 0 Å². The number of nitro benzene ring substituents is 1. The molecule has 88 valence electrons. The van der Waals surface area contributed by atoms with Crippen LogP contribution in [0.3, 0.4) is 0 Å². The molecule has 4 nitrogen and oxygen atoms in total. The molecule has 0 amide bonds. The lowest BCUT2D eigenvalue weighted by atomic mass is 9.85. The molecule has 1 aromatic rings. The fourth-order valence-electron chi connectivity index (χ4n) is 1.35. The van der Waals surface area contributed by atoms with Gasteiger partial charge < -0.3 is 5.11 Å². The first kappa shape index (κ1) is 13.1. The van der Waals surface area contributed by atoms with Crippen LogP contribution in [-0.4, -0.2) is 10.0 Å². The van der Waals surface area contributed by atoms with Gasteiger partial charge in [0.2, 0.25) is 5.82 Å². The zero-order valence-corrected chi connectivity index (χ0v) is 11.2. The second-order valence-electron chi connectivity index (χ2n) is 4.43. The average Bonchev–Trinajstić information content (AvgIpc) is 2.11. The molecule has 0 aromatic heterocycles. The van der Waals surface area contributed by atoms with Crippen molar-refractivity contribution in [1.82, 2.24) is 0 Å². The van der Waals surface area contributed by atoms with Gasteiger partial charge in [-0.15, -0.1) is 0 Å². The monoisotopic (exact) mass is 339 g/mol. The van der Waals surface area contributed by atoms with Crippen molar-refractivity contribution in [2.45, 2.75) is 26.2 Å². The highest BCUT2D eigenvalue weighted by Crippen LogP contribution is 2.39. The van der Waals surface area contributed by atoms with E-state index in [1.807, 2.05) is 0 Å². The molecule has 0 heterocycles. The lowest BCUT2D eigenvalue weighted by molar-refractivity contribution is -0.388. The third-order valence-corrected chi connectivity index (χ3v) is 3.18. The van der Waals surface area contributed by atoms with Gasteiger partial charge in [-0.05, 0) is 34.1 Å². The normalized spacial score (nSPS) is 11.6. The molecular formula is C10H11FINO3. The van der Waals surface area contributed by atoms with Crippen LogP contribution in [0.1, 0.15) is 26.3 Å². The van der Waals surface area contributed by atoms with Gasteiger partial charge in [0.15, 0.2) is 0 Å². The van der Waals surface area contributed by atoms with Gasteiger partial charge in [0, 0.05) is 5.56 Å². The van der Waals surface area contributed by atoms with Crippen molar-refractivity contribution in [2.24, 2.45) is 0 Å². The van der Waals surface area contributed by atoms with E-state index >= 15 is 0 Å². The summed E-state index contributed by atoms with van der Waals surface area (Å²) < 4.78 is 13.6. The predicted molar refractivity (Wildman–Crippen MR) is 66.1 cm³/mol. The summed E-state index contributed by atoms with van der Waals surface area (Å²) >= 11 is 1.54. The van der Waals surface area contributed by atoms with E-state index in [4.69, 9.17) is 0 Å². The number of halogens is 2. The van der Waals surface area contributed by atoms with Gasteiger partial charge in [-0.3, -0.25) is 10.1 Å². The van der Waals surface area contributed by atoms with Crippen LogP contribution in [0.5, 0.6) is 5.75 Å². The van der Waals surface area contributed by atoms with Crippen LogP contribution in [0.4, 0.5) is 10.1 Å². The first-order valence-electron chi connectivity index (χ1n) is 4.52. The molecule has 0 unspecified atom stereocenters. The Bertz CT molecular complexity index is 454. The van der Waals surface area contributed by atoms with Crippen LogP contribution in [-0.2, 0) is 5.41 Å². The van der Waals surface area contributed by atoms with E-state index in [2.05, 4.69) is 0 Å². The summed E-state index contributed by atoms with van der Waals surface area (Å²) in [5.41, 5.74) is -0.979. The maximum atomic E-state index is 13.7. The number of hydrogen-bond acceptors (Lipinski definition) is 3. The summed E-state index contributed by atoms with van der Waals surface area (Å²) in [5, 5.41) is 20.3. The minimum atomic E-state index is -0.976. The van der Waals surface area contributed by atoms with Crippen molar-refractivity contribution >= 4 is 28.3 Å². The number of hydrogen-bond donors (Lipinski definition) is 1. The van der Waals surface area contributed by atoms with Crippen LogP contribution in [0.15, 0.2) is 6.07 Å². The van der Waals surface area contributed by atoms with E-state index in [1.165, 1.54) is 6.07 Å². The maximum absolute atomic E-state index is 13.7. The third-order valence-electron chi connectivity index (χ3n) is 2.15. The van der Waals surface area contributed by atoms with E-state index < -0.39 is 21.8 Å². The molecule has 6 heteroatoms. The zero-order valence-electron chi connectivity index (χ0n) is 9.04. The highest BCUT2D eigenvalue weighted by molar-refractivity contribution is 14.1. The molecule has 1 N–H and O–H groups in total. The Morgan fingerprint density at radius 1 is 1.50 bits per heavy atom. The summed E-state index contributed by atoms with van der Waals surface area (Å²) in [6.45, 7) is 5.17. The largest absolute Gasteiger partial charge is 0.507 e. The summed E-state index contributed by atoms with van der Waals surface area (Å²) in [7, 11) is 0. The van der Waals surface area contributed by atoms with Crippen molar-refractivity contribution in [1.29, 1.82) is 0 Å². The van der Waals surface area contributed by atoms with E-state index in [0.717, 1.165) is 0 Å². The maximum Gasteiger partial charge on any atom is 0.309 e. The van der Waals surface area contributed by atoms with E-state index in [0.29, 0.717) is 0 Å². The number of phenolic OH excluding ortho intramolecular Hbond substituents is 1. The number of phenols is 1. The van der Waals surface area contributed by atoms with Crippen LogP contribution >= 0.6 is 22.6 Å². The van der Waals surface area contributed by atoms with E-state index in [1.54, 1.807) is 43.4 Å². The van der Waals surface area contributed by atoms with Crippen molar-refractivity contribution in [2.75, 3.05) is 0 Å². The molecule has 0 aliphatic rings. The fourth-order valence-corrected chi connectivity index (χ4v) is 1.76. The minimum Gasteiger partial charge on any atom is -0.507 e. The summed E-state index contributed by atoms with van der Waals surface area (Å²) in [5.74, 6) is -1.25. The Morgan fingerprint density at radius 2 is 2.00 bits per heavy atom. The van der Waals surface area contributed by atoms with Gasteiger partial charge in [0.25, 0.3) is 0 Å². The molecule has 0 aliphatic carbocycles. The van der Waals surface area contributed by atoms with Gasteiger partial charge in [-0.25, -0.2) is 0 Å². The first-order chi connectivity index (χ1) is 7.16. The number of nitro groups is 1. The Kier molecular flexibility index (Phi) is 3.41. The zero-order chi connectivity index (χ0) is 12.7. The van der Waals surface area contributed by atoms with Crippen molar-refractivity contribution in [3.8, 4) is 5.75 Å². The lowest BCUT2D eigenvalue weighted by Crippen LogP contribution is -2.15. The minimum absolute atomic E-state index is 0.127. The topological polar surface area (TPSA) is 63.4 Å². The molecule has 16 heavy (non-hydrogen) atoms. The SMILES string of the molecule is CC(C)(C)c1cc(O)c(I)c(F)c1[N+](=O)[O-]. The van der Waals surface area contributed by atoms with Gasteiger partial charge in [-0.1, -0.05) is 20.8 Å².